The van der Waals surface area contributed by atoms with Crippen molar-refractivity contribution in [3.05, 3.63) is 35.1 Å². The molecule has 0 spiro atoms. The summed E-state index contributed by atoms with van der Waals surface area (Å²) in [5.41, 5.74) is 3.74. The van der Waals surface area contributed by atoms with Gasteiger partial charge in [-0.1, -0.05) is 46.8 Å². The molecule has 1 aromatic heterocycles. The van der Waals surface area contributed by atoms with Crippen molar-refractivity contribution in [2.45, 2.75) is 64.9 Å². The predicted molar refractivity (Wildman–Crippen MR) is 86.8 cm³/mol. The topological polar surface area (TPSA) is 33.4 Å². The molecule has 1 fully saturated rings. The first kappa shape index (κ1) is 14.6. The standard InChI is InChI=1S/C19H26O2/c1-6-15-18(19(3,4)5)17-12(8-7-9-16(17)21-15)11(2)13-10-14(13)20/h7-9,11,13-14,20H,6,10H2,1-5H3/t11?,13?,14-/m0/s1. The number of aliphatic hydroxyl groups excluding tert-OH is 1. The first-order valence-corrected chi connectivity index (χ1v) is 8.07. The summed E-state index contributed by atoms with van der Waals surface area (Å²) in [7, 11) is 0. The monoisotopic (exact) mass is 286 g/mol. The minimum Gasteiger partial charge on any atom is -0.461 e. The molecule has 114 valence electrons. The first-order chi connectivity index (χ1) is 9.84. The van der Waals surface area contributed by atoms with Gasteiger partial charge < -0.3 is 9.52 Å². The van der Waals surface area contributed by atoms with Crippen molar-refractivity contribution >= 4 is 11.0 Å². The number of fused-ring (bicyclic) bond motifs is 1. The Labute approximate surface area is 127 Å². The maximum absolute atomic E-state index is 9.79. The van der Waals surface area contributed by atoms with E-state index in [1.54, 1.807) is 0 Å². The Hall–Kier alpha value is -1.28. The third-order valence-corrected chi connectivity index (χ3v) is 4.83. The van der Waals surface area contributed by atoms with Gasteiger partial charge in [-0.2, -0.15) is 0 Å². The van der Waals surface area contributed by atoms with Crippen LogP contribution in [0, 0.1) is 5.92 Å². The minimum atomic E-state index is -0.120. The summed E-state index contributed by atoms with van der Waals surface area (Å²) in [6, 6.07) is 6.36. The Morgan fingerprint density at radius 3 is 2.52 bits per heavy atom. The molecular formula is C19H26O2. The Morgan fingerprint density at radius 2 is 2.00 bits per heavy atom. The van der Waals surface area contributed by atoms with Crippen LogP contribution in [-0.2, 0) is 11.8 Å². The number of hydrogen-bond donors (Lipinski definition) is 1. The van der Waals surface area contributed by atoms with Gasteiger partial charge in [-0.3, -0.25) is 0 Å². The molecule has 0 aliphatic heterocycles. The molecule has 0 saturated heterocycles. The lowest BCUT2D eigenvalue weighted by Crippen LogP contribution is -2.14. The number of benzene rings is 1. The highest BCUT2D eigenvalue weighted by molar-refractivity contribution is 5.87. The van der Waals surface area contributed by atoms with E-state index in [1.807, 2.05) is 0 Å². The molecule has 0 bridgehead atoms. The SMILES string of the molecule is CCc1oc2cccc(C(C)C3C[C@@H]3O)c2c1C(C)(C)C. The Kier molecular flexibility index (Phi) is 3.40. The van der Waals surface area contributed by atoms with Crippen molar-refractivity contribution in [3.8, 4) is 0 Å². The Balaban J connectivity index is 2.23. The summed E-state index contributed by atoms with van der Waals surface area (Å²) in [6.45, 7) is 11.2. The first-order valence-electron chi connectivity index (χ1n) is 8.07. The van der Waals surface area contributed by atoms with Crippen molar-refractivity contribution in [1.82, 2.24) is 0 Å². The van der Waals surface area contributed by atoms with E-state index < -0.39 is 0 Å². The lowest BCUT2D eigenvalue weighted by Gasteiger charge is -2.21. The van der Waals surface area contributed by atoms with Gasteiger partial charge in [0, 0.05) is 17.4 Å². The van der Waals surface area contributed by atoms with Gasteiger partial charge in [-0.15, -0.1) is 0 Å². The molecule has 1 saturated carbocycles. The van der Waals surface area contributed by atoms with Gasteiger partial charge in [0.05, 0.1) is 6.10 Å². The molecule has 1 N–H and O–H groups in total. The van der Waals surface area contributed by atoms with E-state index in [4.69, 9.17) is 4.42 Å². The summed E-state index contributed by atoms with van der Waals surface area (Å²) in [5.74, 6) is 1.89. The molecule has 21 heavy (non-hydrogen) atoms. The average molecular weight is 286 g/mol. The molecule has 1 aromatic carbocycles. The third-order valence-electron chi connectivity index (χ3n) is 4.83. The summed E-state index contributed by atoms with van der Waals surface area (Å²) >= 11 is 0. The van der Waals surface area contributed by atoms with Gasteiger partial charge >= 0.3 is 0 Å². The zero-order valence-electron chi connectivity index (χ0n) is 13.7. The van der Waals surface area contributed by atoms with Gasteiger partial charge in [0.1, 0.15) is 11.3 Å². The van der Waals surface area contributed by atoms with E-state index in [0.717, 1.165) is 24.2 Å². The van der Waals surface area contributed by atoms with Crippen LogP contribution in [0.5, 0.6) is 0 Å². The quantitative estimate of drug-likeness (QED) is 0.881. The molecule has 2 nitrogen and oxygen atoms in total. The average Bonchev–Trinajstić information content (AvgIpc) is 3.01. The third kappa shape index (κ3) is 2.40. The lowest BCUT2D eigenvalue weighted by atomic mass is 9.81. The second kappa shape index (κ2) is 4.88. The van der Waals surface area contributed by atoms with Crippen LogP contribution in [0.1, 0.15) is 63.8 Å². The summed E-state index contributed by atoms with van der Waals surface area (Å²) in [4.78, 5) is 0. The van der Waals surface area contributed by atoms with Gasteiger partial charge in [0.2, 0.25) is 0 Å². The van der Waals surface area contributed by atoms with Crippen molar-refractivity contribution < 1.29 is 9.52 Å². The Morgan fingerprint density at radius 1 is 1.33 bits per heavy atom. The van der Waals surface area contributed by atoms with Crippen LogP contribution in [0.2, 0.25) is 0 Å². The van der Waals surface area contributed by atoms with E-state index in [9.17, 15) is 5.11 Å². The Bertz CT molecular complexity index is 660. The molecule has 3 rings (SSSR count). The van der Waals surface area contributed by atoms with Crippen molar-refractivity contribution in [3.63, 3.8) is 0 Å². The number of rotatable bonds is 3. The fourth-order valence-corrected chi connectivity index (χ4v) is 3.61. The second-order valence-electron chi connectivity index (χ2n) is 7.48. The molecule has 2 heteroatoms. The van der Waals surface area contributed by atoms with E-state index >= 15 is 0 Å². The molecule has 2 aromatic rings. The van der Waals surface area contributed by atoms with Gasteiger partial charge in [0.25, 0.3) is 0 Å². The molecular weight excluding hydrogens is 260 g/mol. The van der Waals surface area contributed by atoms with E-state index in [2.05, 4.69) is 52.8 Å². The van der Waals surface area contributed by atoms with Crippen LogP contribution in [-0.4, -0.2) is 11.2 Å². The minimum absolute atomic E-state index is 0.0641. The zero-order valence-corrected chi connectivity index (χ0v) is 13.7. The maximum atomic E-state index is 9.79. The van der Waals surface area contributed by atoms with E-state index in [0.29, 0.717) is 11.8 Å². The normalized spacial score (nSPS) is 23.5. The lowest BCUT2D eigenvalue weighted by molar-refractivity contribution is 0.253. The smallest absolute Gasteiger partial charge is 0.134 e. The molecule has 2 unspecified atom stereocenters. The summed E-state index contributed by atoms with van der Waals surface area (Å²) in [6.07, 6.45) is 1.73. The number of aliphatic hydroxyl groups is 1. The molecule has 3 atom stereocenters. The summed E-state index contributed by atoms with van der Waals surface area (Å²) < 4.78 is 6.13. The van der Waals surface area contributed by atoms with Crippen LogP contribution < -0.4 is 0 Å². The van der Waals surface area contributed by atoms with E-state index in [-0.39, 0.29) is 11.5 Å². The molecule has 0 amide bonds. The summed E-state index contributed by atoms with van der Waals surface area (Å²) in [5, 5.41) is 11.1. The second-order valence-corrected chi connectivity index (χ2v) is 7.48. The highest BCUT2D eigenvalue weighted by Gasteiger charge is 2.41. The molecule has 1 aliphatic carbocycles. The van der Waals surface area contributed by atoms with Gasteiger partial charge in [0.15, 0.2) is 0 Å². The highest BCUT2D eigenvalue weighted by atomic mass is 16.3. The van der Waals surface area contributed by atoms with Gasteiger partial charge in [-0.25, -0.2) is 0 Å². The molecule has 0 radical (unpaired) electrons. The zero-order chi connectivity index (χ0) is 15.4. The fraction of sp³-hybridized carbons (Fsp3) is 0.579. The number of furan rings is 1. The van der Waals surface area contributed by atoms with Crippen LogP contribution in [0.15, 0.2) is 22.6 Å². The van der Waals surface area contributed by atoms with Crippen LogP contribution in [0.3, 0.4) is 0 Å². The van der Waals surface area contributed by atoms with Crippen molar-refractivity contribution in [1.29, 1.82) is 0 Å². The number of hydrogen-bond acceptors (Lipinski definition) is 2. The van der Waals surface area contributed by atoms with Crippen LogP contribution in [0.25, 0.3) is 11.0 Å². The van der Waals surface area contributed by atoms with Crippen molar-refractivity contribution in [2.75, 3.05) is 0 Å². The van der Waals surface area contributed by atoms with Crippen molar-refractivity contribution in [2.24, 2.45) is 5.92 Å². The molecule has 1 aliphatic rings. The molecule has 1 heterocycles. The van der Waals surface area contributed by atoms with E-state index in [1.165, 1.54) is 16.5 Å². The van der Waals surface area contributed by atoms with Gasteiger partial charge in [-0.05, 0) is 35.3 Å². The maximum Gasteiger partial charge on any atom is 0.134 e. The fourth-order valence-electron chi connectivity index (χ4n) is 3.61. The largest absolute Gasteiger partial charge is 0.461 e. The van der Waals surface area contributed by atoms with Crippen LogP contribution in [0.4, 0.5) is 0 Å². The highest BCUT2D eigenvalue weighted by Crippen LogP contribution is 2.47. The van der Waals surface area contributed by atoms with Crippen LogP contribution >= 0.6 is 0 Å². The predicted octanol–water partition coefficient (Wildman–Crippen LogP) is 4.78. The number of aryl methyl sites for hydroxylation is 1.